The topological polar surface area (TPSA) is 8.17 Å². The minimum atomic E-state index is 0.0984. The molecule has 0 saturated heterocycles. The molecule has 2 nitrogen and oxygen atoms in total. The van der Waals surface area contributed by atoms with E-state index in [4.69, 9.17) is 0 Å². The van der Waals surface area contributed by atoms with Gasteiger partial charge in [-0.3, -0.25) is 0 Å². The molecule has 0 saturated carbocycles. The van der Waals surface area contributed by atoms with Crippen LogP contribution in [-0.2, 0) is 0 Å². The zero-order chi connectivity index (χ0) is 32.3. The van der Waals surface area contributed by atoms with E-state index in [0.717, 1.165) is 6.42 Å². The number of nitrogens with zero attached hydrogens (tertiary/aromatic N) is 2. The molecule has 3 heteroatoms. The second kappa shape index (κ2) is 11.4. The van der Waals surface area contributed by atoms with E-state index in [0.29, 0.717) is 0 Å². The van der Waals surface area contributed by atoms with Gasteiger partial charge in [0.15, 0.2) is 0 Å². The standard InChI is InChI=1S/C46H32N2S/c1-2-14-35(15-3-1)47(36-26-24-32(25-27-36)34-23-22-31-12-4-5-13-33(31)28-34)44-30-37(29-41-40-18-8-11-21-45(40)49-46(41)44)48-42-19-9-6-16-38(42)39-17-7-10-20-43(39)48/h1-29,44H,30H2. The smallest absolute Gasteiger partial charge is 0.0745 e. The number of rotatable bonds is 5. The van der Waals surface area contributed by atoms with Gasteiger partial charge >= 0.3 is 0 Å². The molecule has 0 fully saturated rings. The Balaban J connectivity index is 1.16. The number of benzene rings is 7. The number of anilines is 2. The van der Waals surface area contributed by atoms with Crippen LogP contribution >= 0.6 is 11.3 Å². The van der Waals surface area contributed by atoms with E-state index in [1.807, 2.05) is 11.3 Å². The average Bonchev–Trinajstić information content (AvgIpc) is 3.71. The Bertz CT molecular complexity index is 2640. The first-order valence-electron chi connectivity index (χ1n) is 16.9. The predicted octanol–water partition coefficient (Wildman–Crippen LogP) is 13.1. The highest BCUT2D eigenvalue weighted by atomic mass is 32.1. The molecule has 2 aromatic heterocycles. The van der Waals surface area contributed by atoms with Crippen molar-refractivity contribution < 1.29 is 0 Å². The normalized spacial score (nSPS) is 14.4. The van der Waals surface area contributed by atoms with Gasteiger partial charge in [-0.15, -0.1) is 11.3 Å². The SMILES string of the molecule is C1=C(n2c3ccccc3c3ccccc32)CC(N(c2ccccc2)c2ccc(-c3ccc4ccccc4c3)cc2)c2sc3ccccc3c21. The van der Waals surface area contributed by atoms with Gasteiger partial charge in [0.1, 0.15) is 0 Å². The van der Waals surface area contributed by atoms with Crippen molar-refractivity contribution in [1.29, 1.82) is 0 Å². The summed E-state index contributed by atoms with van der Waals surface area (Å²) in [6.07, 6.45) is 3.33. The Morgan fingerprint density at radius 2 is 1.10 bits per heavy atom. The molecule has 0 aliphatic heterocycles. The molecular weight excluding hydrogens is 613 g/mol. The van der Waals surface area contributed by atoms with Gasteiger partial charge < -0.3 is 9.47 Å². The van der Waals surface area contributed by atoms with Crippen LogP contribution in [0.5, 0.6) is 0 Å². The Kier molecular flexibility index (Phi) is 6.53. The average molecular weight is 645 g/mol. The van der Waals surface area contributed by atoms with Crippen molar-refractivity contribution in [3.8, 4) is 11.1 Å². The maximum Gasteiger partial charge on any atom is 0.0745 e. The van der Waals surface area contributed by atoms with Gasteiger partial charge in [-0.2, -0.15) is 0 Å². The molecule has 9 aromatic rings. The number of aromatic nitrogens is 1. The molecule has 1 unspecified atom stereocenters. The molecule has 49 heavy (non-hydrogen) atoms. The van der Waals surface area contributed by atoms with E-state index < -0.39 is 0 Å². The Labute approximate surface area is 289 Å². The first-order valence-corrected chi connectivity index (χ1v) is 17.8. The van der Waals surface area contributed by atoms with Crippen LogP contribution in [0.15, 0.2) is 170 Å². The number of fused-ring (bicyclic) bond motifs is 7. The lowest BCUT2D eigenvalue weighted by atomic mass is 9.93. The maximum absolute atomic E-state index is 2.57. The monoisotopic (exact) mass is 644 g/mol. The van der Waals surface area contributed by atoms with Gasteiger partial charge in [0.25, 0.3) is 0 Å². The van der Waals surface area contributed by atoms with Gasteiger partial charge in [-0.1, -0.05) is 121 Å². The molecule has 0 N–H and O–H groups in total. The van der Waals surface area contributed by atoms with Crippen molar-refractivity contribution in [2.24, 2.45) is 0 Å². The molecule has 0 bridgehead atoms. The Morgan fingerprint density at radius 3 is 1.86 bits per heavy atom. The molecule has 232 valence electrons. The molecule has 0 amide bonds. The molecule has 2 heterocycles. The molecule has 7 aromatic carbocycles. The largest absolute Gasteiger partial charge is 0.333 e. The first-order chi connectivity index (χ1) is 24.3. The van der Waals surface area contributed by atoms with Crippen molar-refractivity contribution in [3.63, 3.8) is 0 Å². The lowest BCUT2D eigenvalue weighted by molar-refractivity contribution is 0.712. The van der Waals surface area contributed by atoms with Crippen molar-refractivity contribution in [3.05, 3.63) is 180 Å². The highest BCUT2D eigenvalue weighted by Gasteiger charge is 2.33. The molecule has 0 spiro atoms. The van der Waals surface area contributed by atoms with Crippen LogP contribution in [0.2, 0.25) is 0 Å². The van der Waals surface area contributed by atoms with Gasteiger partial charge in [-0.05, 0) is 76.5 Å². The maximum atomic E-state index is 2.57. The fourth-order valence-corrected chi connectivity index (χ4v) is 9.15. The zero-order valence-electron chi connectivity index (χ0n) is 26.8. The summed E-state index contributed by atoms with van der Waals surface area (Å²) in [5.74, 6) is 0. The fourth-order valence-electron chi connectivity index (χ4n) is 7.87. The summed E-state index contributed by atoms with van der Waals surface area (Å²) >= 11 is 1.94. The number of hydrogen-bond acceptors (Lipinski definition) is 2. The van der Waals surface area contributed by atoms with Crippen LogP contribution in [0.25, 0.3) is 65.6 Å². The lowest BCUT2D eigenvalue weighted by Crippen LogP contribution is -2.26. The highest BCUT2D eigenvalue weighted by Crippen LogP contribution is 2.50. The summed E-state index contributed by atoms with van der Waals surface area (Å²) in [5.41, 5.74) is 9.99. The summed E-state index contributed by atoms with van der Waals surface area (Å²) in [4.78, 5) is 3.98. The fraction of sp³-hybridized carbons (Fsp3) is 0.0435. The predicted molar refractivity (Wildman–Crippen MR) is 211 cm³/mol. The Hall–Kier alpha value is -5.90. The third-order valence-electron chi connectivity index (χ3n) is 10.1. The first kappa shape index (κ1) is 28.1. The molecule has 1 aliphatic rings. The Morgan fingerprint density at radius 1 is 0.510 bits per heavy atom. The number of hydrogen-bond donors (Lipinski definition) is 0. The van der Waals surface area contributed by atoms with E-state index in [1.165, 1.54) is 81.3 Å². The van der Waals surface area contributed by atoms with Crippen LogP contribution in [0.1, 0.15) is 22.9 Å². The van der Waals surface area contributed by atoms with Crippen LogP contribution < -0.4 is 4.90 Å². The number of thiophene rings is 1. The van der Waals surface area contributed by atoms with Crippen LogP contribution in [0, 0.1) is 0 Å². The molecular formula is C46H32N2S. The van der Waals surface area contributed by atoms with Crippen molar-refractivity contribution in [2.45, 2.75) is 12.5 Å². The second-order valence-corrected chi connectivity index (χ2v) is 14.0. The summed E-state index contributed by atoms with van der Waals surface area (Å²) in [5, 5.41) is 6.44. The molecule has 0 radical (unpaired) electrons. The van der Waals surface area contributed by atoms with E-state index in [2.05, 4.69) is 185 Å². The van der Waals surface area contributed by atoms with Crippen LogP contribution in [0.3, 0.4) is 0 Å². The van der Waals surface area contributed by atoms with Crippen molar-refractivity contribution in [1.82, 2.24) is 4.57 Å². The van der Waals surface area contributed by atoms with Gasteiger partial charge in [0, 0.05) is 54.8 Å². The van der Waals surface area contributed by atoms with Crippen LogP contribution in [-0.4, -0.2) is 4.57 Å². The van der Waals surface area contributed by atoms with E-state index >= 15 is 0 Å². The van der Waals surface area contributed by atoms with E-state index in [-0.39, 0.29) is 6.04 Å². The lowest BCUT2D eigenvalue weighted by Gasteiger charge is -2.37. The van der Waals surface area contributed by atoms with Crippen LogP contribution in [0.4, 0.5) is 11.4 Å². The van der Waals surface area contributed by atoms with Gasteiger partial charge in [0.05, 0.1) is 17.1 Å². The van der Waals surface area contributed by atoms with E-state index in [1.54, 1.807) is 0 Å². The minimum absolute atomic E-state index is 0.0984. The number of para-hydroxylation sites is 3. The summed E-state index contributed by atoms with van der Waals surface area (Å²) in [7, 11) is 0. The van der Waals surface area contributed by atoms with Gasteiger partial charge in [-0.25, -0.2) is 0 Å². The van der Waals surface area contributed by atoms with Crippen molar-refractivity contribution in [2.75, 3.05) is 4.90 Å². The zero-order valence-corrected chi connectivity index (χ0v) is 27.6. The van der Waals surface area contributed by atoms with Gasteiger partial charge in [0.2, 0.25) is 0 Å². The third kappa shape index (κ3) is 4.62. The minimum Gasteiger partial charge on any atom is -0.333 e. The van der Waals surface area contributed by atoms with Crippen molar-refractivity contribution >= 4 is 77.1 Å². The highest BCUT2D eigenvalue weighted by molar-refractivity contribution is 7.19. The summed E-state index contributed by atoms with van der Waals surface area (Å²) in [6.45, 7) is 0. The quantitative estimate of drug-likeness (QED) is 0.181. The summed E-state index contributed by atoms with van der Waals surface area (Å²) in [6, 6.07) is 62.1. The third-order valence-corrected chi connectivity index (χ3v) is 11.4. The molecule has 1 atom stereocenters. The molecule has 1 aliphatic carbocycles. The summed E-state index contributed by atoms with van der Waals surface area (Å²) < 4.78 is 3.84. The second-order valence-electron chi connectivity index (χ2n) is 12.9. The molecule has 10 rings (SSSR count). The van der Waals surface area contributed by atoms with E-state index in [9.17, 15) is 0 Å².